The van der Waals surface area contributed by atoms with E-state index in [1.165, 1.54) is 0 Å². The van der Waals surface area contributed by atoms with Crippen LogP contribution < -0.4 is 5.32 Å². The van der Waals surface area contributed by atoms with Gasteiger partial charge in [-0.2, -0.15) is 5.10 Å². The van der Waals surface area contributed by atoms with Crippen molar-refractivity contribution in [2.24, 2.45) is 5.92 Å². The molecule has 2 N–H and O–H groups in total. The van der Waals surface area contributed by atoms with Crippen molar-refractivity contribution in [3.8, 4) is 0 Å². The SMILES string of the molecule is CC(C)CCC(C)NC(=O)c1cc(Cn2ccnc2C(C)C)[nH]n1. The van der Waals surface area contributed by atoms with Gasteiger partial charge in [-0.15, -0.1) is 0 Å². The zero-order valence-corrected chi connectivity index (χ0v) is 15.3. The molecule has 0 aromatic carbocycles. The van der Waals surface area contributed by atoms with Gasteiger partial charge in [0.2, 0.25) is 0 Å². The van der Waals surface area contributed by atoms with Crippen LogP contribution in [0.2, 0.25) is 0 Å². The predicted octanol–water partition coefficient (Wildman–Crippen LogP) is 3.33. The van der Waals surface area contributed by atoms with E-state index in [0.717, 1.165) is 24.4 Å². The molecule has 1 amide bonds. The van der Waals surface area contributed by atoms with Gasteiger partial charge in [-0.05, 0) is 31.7 Å². The Kier molecular flexibility index (Phi) is 6.17. The highest BCUT2D eigenvalue weighted by molar-refractivity contribution is 5.92. The van der Waals surface area contributed by atoms with E-state index in [-0.39, 0.29) is 11.9 Å². The first kappa shape index (κ1) is 18.2. The minimum Gasteiger partial charge on any atom is -0.348 e. The maximum absolute atomic E-state index is 12.3. The Balaban J connectivity index is 1.95. The number of carbonyl (C=O) groups is 1. The summed E-state index contributed by atoms with van der Waals surface area (Å²) in [7, 11) is 0. The van der Waals surface area contributed by atoms with Gasteiger partial charge in [-0.1, -0.05) is 27.7 Å². The molecule has 0 bridgehead atoms. The molecule has 2 heterocycles. The summed E-state index contributed by atoms with van der Waals surface area (Å²) in [6, 6.07) is 1.97. The molecular weight excluding hydrogens is 302 g/mol. The van der Waals surface area contributed by atoms with Crippen LogP contribution in [-0.4, -0.2) is 31.7 Å². The van der Waals surface area contributed by atoms with E-state index in [1.54, 1.807) is 6.20 Å². The van der Waals surface area contributed by atoms with Crippen LogP contribution in [0, 0.1) is 5.92 Å². The van der Waals surface area contributed by atoms with Crippen LogP contribution >= 0.6 is 0 Å². The van der Waals surface area contributed by atoms with Gasteiger partial charge in [-0.25, -0.2) is 4.98 Å². The normalized spacial score (nSPS) is 12.8. The fourth-order valence-electron chi connectivity index (χ4n) is 2.65. The number of aromatic nitrogens is 4. The molecule has 0 fully saturated rings. The van der Waals surface area contributed by atoms with Crippen LogP contribution in [0.5, 0.6) is 0 Å². The Morgan fingerprint density at radius 2 is 2.00 bits per heavy atom. The monoisotopic (exact) mass is 331 g/mol. The van der Waals surface area contributed by atoms with E-state index in [2.05, 4.69) is 52.8 Å². The van der Waals surface area contributed by atoms with Crippen LogP contribution in [-0.2, 0) is 6.54 Å². The number of rotatable bonds is 8. The average molecular weight is 331 g/mol. The summed E-state index contributed by atoms with van der Waals surface area (Å²) in [6.07, 6.45) is 5.83. The lowest BCUT2D eigenvalue weighted by Gasteiger charge is -2.14. The number of nitrogens with zero attached hydrogens (tertiary/aromatic N) is 3. The third kappa shape index (κ3) is 4.94. The summed E-state index contributed by atoms with van der Waals surface area (Å²) in [6.45, 7) is 11.3. The molecule has 1 atom stereocenters. The van der Waals surface area contributed by atoms with Gasteiger partial charge < -0.3 is 9.88 Å². The molecule has 0 saturated carbocycles. The first-order valence-electron chi connectivity index (χ1n) is 8.73. The van der Waals surface area contributed by atoms with Crippen LogP contribution in [0.4, 0.5) is 0 Å². The van der Waals surface area contributed by atoms with Gasteiger partial charge in [-0.3, -0.25) is 9.89 Å². The number of carbonyl (C=O) groups excluding carboxylic acids is 1. The Hall–Kier alpha value is -2.11. The second kappa shape index (κ2) is 8.13. The zero-order valence-electron chi connectivity index (χ0n) is 15.3. The minimum absolute atomic E-state index is 0.122. The van der Waals surface area contributed by atoms with Crippen LogP contribution in [0.3, 0.4) is 0 Å². The average Bonchev–Trinajstić information content (AvgIpc) is 3.15. The standard InChI is InChI=1S/C18H29N5O/c1-12(2)6-7-14(5)20-18(24)16-10-15(21-22-16)11-23-9-8-19-17(23)13(3)4/h8-10,12-14H,6-7,11H2,1-5H3,(H,20,24)(H,21,22). The van der Waals surface area contributed by atoms with Crippen molar-refractivity contribution in [2.45, 2.75) is 66.0 Å². The lowest BCUT2D eigenvalue weighted by atomic mass is 10.0. The van der Waals surface area contributed by atoms with Gasteiger partial charge in [0.05, 0.1) is 12.2 Å². The molecule has 6 heteroatoms. The Morgan fingerprint density at radius 3 is 2.67 bits per heavy atom. The van der Waals surface area contributed by atoms with Crippen molar-refractivity contribution in [3.05, 3.63) is 35.7 Å². The highest BCUT2D eigenvalue weighted by atomic mass is 16.2. The summed E-state index contributed by atoms with van der Waals surface area (Å²) >= 11 is 0. The largest absolute Gasteiger partial charge is 0.348 e. The van der Waals surface area contributed by atoms with E-state index in [9.17, 15) is 4.79 Å². The van der Waals surface area contributed by atoms with Crippen LogP contribution in [0.1, 0.15) is 75.4 Å². The molecule has 1 unspecified atom stereocenters. The van der Waals surface area contributed by atoms with Crippen molar-refractivity contribution in [2.75, 3.05) is 0 Å². The molecule has 0 aliphatic carbocycles. The number of hydrogen-bond acceptors (Lipinski definition) is 3. The summed E-state index contributed by atoms with van der Waals surface area (Å²) in [5.41, 5.74) is 1.34. The third-order valence-corrected chi connectivity index (χ3v) is 4.02. The molecule has 0 radical (unpaired) electrons. The second-order valence-corrected chi connectivity index (χ2v) is 7.19. The van der Waals surface area contributed by atoms with E-state index < -0.39 is 0 Å². The molecule has 0 spiro atoms. The van der Waals surface area contributed by atoms with E-state index >= 15 is 0 Å². The minimum atomic E-state index is -0.122. The quantitative estimate of drug-likeness (QED) is 0.779. The van der Waals surface area contributed by atoms with E-state index in [1.807, 2.05) is 19.2 Å². The van der Waals surface area contributed by atoms with Gasteiger partial charge in [0.1, 0.15) is 11.5 Å². The molecule has 0 aliphatic heterocycles. The highest BCUT2D eigenvalue weighted by Crippen LogP contribution is 2.13. The number of aromatic amines is 1. The van der Waals surface area contributed by atoms with Crippen molar-refractivity contribution >= 4 is 5.91 Å². The van der Waals surface area contributed by atoms with Crippen molar-refractivity contribution in [1.29, 1.82) is 0 Å². The molecule has 24 heavy (non-hydrogen) atoms. The summed E-state index contributed by atoms with van der Waals surface area (Å²) in [5.74, 6) is 1.90. The maximum Gasteiger partial charge on any atom is 0.271 e. The first-order chi connectivity index (χ1) is 11.4. The molecule has 6 nitrogen and oxygen atoms in total. The Labute approximate surface area is 144 Å². The number of amides is 1. The third-order valence-electron chi connectivity index (χ3n) is 4.02. The van der Waals surface area contributed by atoms with Crippen molar-refractivity contribution in [3.63, 3.8) is 0 Å². The van der Waals surface area contributed by atoms with Crippen molar-refractivity contribution in [1.82, 2.24) is 25.1 Å². The first-order valence-corrected chi connectivity index (χ1v) is 8.73. The molecule has 132 valence electrons. The highest BCUT2D eigenvalue weighted by Gasteiger charge is 2.15. The number of H-pyrrole nitrogens is 1. The lowest BCUT2D eigenvalue weighted by molar-refractivity contribution is 0.0932. The summed E-state index contributed by atoms with van der Waals surface area (Å²) in [5, 5.41) is 10.1. The number of hydrogen-bond donors (Lipinski definition) is 2. The fraction of sp³-hybridized carbons (Fsp3) is 0.611. The molecule has 2 aromatic rings. The van der Waals surface area contributed by atoms with Crippen molar-refractivity contribution < 1.29 is 4.79 Å². The van der Waals surface area contributed by atoms with E-state index in [4.69, 9.17) is 0 Å². The smallest absolute Gasteiger partial charge is 0.271 e. The fourth-order valence-corrected chi connectivity index (χ4v) is 2.65. The maximum atomic E-state index is 12.3. The van der Waals surface area contributed by atoms with Gasteiger partial charge in [0, 0.05) is 24.4 Å². The van der Waals surface area contributed by atoms with Gasteiger partial charge >= 0.3 is 0 Å². The van der Waals surface area contributed by atoms with Gasteiger partial charge in [0.15, 0.2) is 0 Å². The summed E-state index contributed by atoms with van der Waals surface area (Å²) < 4.78 is 2.07. The number of imidazole rings is 1. The zero-order chi connectivity index (χ0) is 17.7. The summed E-state index contributed by atoms with van der Waals surface area (Å²) in [4.78, 5) is 16.7. The second-order valence-electron chi connectivity index (χ2n) is 7.19. The Bertz CT molecular complexity index is 656. The topological polar surface area (TPSA) is 75.6 Å². The predicted molar refractivity (Wildman–Crippen MR) is 95.0 cm³/mol. The molecule has 0 aliphatic rings. The van der Waals surface area contributed by atoms with Gasteiger partial charge in [0.25, 0.3) is 5.91 Å². The molecule has 0 saturated heterocycles. The van der Waals surface area contributed by atoms with E-state index in [0.29, 0.717) is 24.1 Å². The molecule has 2 aromatic heterocycles. The van der Waals surface area contributed by atoms with Crippen LogP contribution in [0.25, 0.3) is 0 Å². The number of nitrogens with one attached hydrogen (secondary N) is 2. The lowest BCUT2D eigenvalue weighted by Crippen LogP contribution is -2.33. The molecule has 2 rings (SSSR count). The molecular formula is C18H29N5O. The Morgan fingerprint density at radius 1 is 1.25 bits per heavy atom. The van der Waals surface area contributed by atoms with Crippen LogP contribution in [0.15, 0.2) is 18.5 Å².